The van der Waals surface area contributed by atoms with E-state index in [1.165, 1.54) is 30.8 Å². The second kappa shape index (κ2) is 3.09. The Balaban J connectivity index is 1.95. The van der Waals surface area contributed by atoms with Gasteiger partial charge in [0.2, 0.25) is 0 Å². The first-order valence-corrected chi connectivity index (χ1v) is 4.92. The van der Waals surface area contributed by atoms with E-state index in [1.807, 2.05) is 5.38 Å². The molecule has 1 fully saturated rings. The van der Waals surface area contributed by atoms with Crippen molar-refractivity contribution in [2.75, 3.05) is 13.1 Å². The minimum atomic E-state index is 0.653. The number of likely N-dealkylation sites (tertiary alicyclic amines) is 1. The first-order valence-electron chi connectivity index (χ1n) is 3.67. The fourth-order valence-electron chi connectivity index (χ4n) is 1.12. The average Bonchev–Trinajstić information content (AvgIpc) is 2.27. The number of aromatic nitrogens is 1. The zero-order valence-corrected chi connectivity index (χ0v) is 7.66. The van der Waals surface area contributed by atoms with Gasteiger partial charge in [-0.05, 0) is 19.5 Å². The zero-order chi connectivity index (χ0) is 7.68. The Bertz CT molecular complexity index is 244. The van der Waals surface area contributed by atoms with Gasteiger partial charge >= 0.3 is 0 Å². The SMILES string of the molecule is Clc1nc(CN2CCC2)cs1. The lowest BCUT2D eigenvalue weighted by atomic mass is 10.2. The third-order valence-electron chi connectivity index (χ3n) is 1.86. The van der Waals surface area contributed by atoms with Crippen molar-refractivity contribution in [2.24, 2.45) is 0 Å². The quantitative estimate of drug-likeness (QED) is 0.706. The monoisotopic (exact) mass is 188 g/mol. The van der Waals surface area contributed by atoms with E-state index in [9.17, 15) is 0 Å². The molecule has 0 spiro atoms. The Hall–Kier alpha value is -0.120. The first kappa shape index (κ1) is 7.53. The summed E-state index contributed by atoms with van der Waals surface area (Å²) in [5.41, 5.74) is 1.11. The molecular formula is C7H9ClN2S. The molecule has 0 amide bonds. The molecule has 2 nitrogen and oxygen atoms in total. The van der Waals surface area contributed by atoms with E-state index in [4.69, 9.17) is 11.6 Å². The van der Waals surface area contributed by atoms with Gasteiger partial charge in [0.25, 0.3) is 0 Å². The van der Waals surface area contributed by atoms with Crippen molar-refractivity contribution in [3.8, 4) is 0 Å². The lowest BCUT2D eigenvalue weighted by Crippen LogP contribution is -2.36. The van der Waals surface area contributed by atoms with Crippen LogP contribution in [0.15, 0.2) is 5.38 Å². The van der Waals surface area contributed by atoms with Crippen molar-refractivity contribution in [3.05, 3.63) is 15.5 Å². The molecule has 0 aromatic carbocycles. The fraction of sp³-hybridized carbons (Fsp3) is 0.571. The van der Waals surface area contributed by atoms with Crippen molar-refractivity contribution >= 4 is 22.9 Å². The molecule has 0 bridgehead atoms. The number of rotatable bonds is 2. The van der Waals surface area contributed by atoms with Crippen molar-refractivity contribution in [1.82, 2.24) is 9.88 Å². The van der Waals surface area contributed by atoms with Crippen LogP contribution in [0.4, 0.5) is 0 Å². The summed E-state index contributed by atoms with van der Waals surface area (Å²) in [7, 11) is 0. The summed E-state index contributed by atoms with van der Waals surface area (Å²) < 4.78 is 0.653. The molecular weight excluding hydrogens is 180 g/mol. The number of hydrogen-bond donors (Lipinski definition) is 0. The molecule has 1 saturated heterocycles. The second-order valence-corrected chi connectivity index (χ2v) is 4.16. The number of thiazole rings is 1. The van der Waals surface area contributed by atoms with Gasteiger partial charge in [-0.25, -0.2) is 4.98 Å². The second-order valence-electron chi connectivity index (χ2n) is 2.72. The highest BCUT2D eigenvalue weighted by molar-refractivity contribution is 7.13. The highest BCUT2D eigenvalue weighted by Gasteiger charge is 2.14. The Morgan fingerprint density at radius 3 is 2.91 bits per heavy atom. The van der Waals surface area contributed by atoms with Crippen LogP contribution in [-0.2, 0) is 6.54 Å². The summed E-state index contributed by atoms with van der Waals surface area (Å²) in [5.74, 6) is 0. The molecule has 0 atom stereocenters. The zero-order valence-electron chi connectivity index (χ0n) is 6.09. The van der Waals surface area contributed by atoms with Crippen LogP contribution < -0.4 is 0 Å². The molecule has 4 heteroatoms. The molecule has 1 aromatic rings. The Kier molecular flexibility index (Phi) is 2.11. The molecule has 60 valence electrons. The topological polar surface area (TPSA) is 16.1 Å². The maximum absolute atomic E-state index is 5.69. The van der Waals surface area contributed by atoms with Crippen LogP contribution in [0, 0.1) is 0 Å². The van der Waals surface area contributed by atoms with Gasteiger partial charge < -0.3 is 0 Å². The summed E-state index contributed by atoms with van der Waals surface area (Å²) >= 11 is 7.20. The Labute approximate surface area is 74.8 Å². The molecule has 0 saturated carbocycles. The molecule has 0 radical (unpaired) electrons. The summed E-state index contributed by atoms with van der Waals surface area (Å²) in [4.78, 5) is 6.54. The van der Waals surface area contributed by atoms with Crippen LogP contribution in [0.1, 0.15) is 12.1 Å². The van der Waals surface area contributed by atoms with Gasteiger partial charge in [-0.15, -0.1) is 11.3 Å². The maximum atomic E-state index is 5.69. The Morgan fingerprint density at radius 2 is 2.45 bits per heavy atom. The molecule has 1 aliphatic rings. The maximum Gasteiger partial charge on any atom is 0.183 e. The van der Waals surface area contributed by atoms with Gasteiger partial charge in [0, 0.05) is 11.9 Å². The molecule has 0 N–H and O–H groups in total. The van der Waals surface area contributed by atoms with Crippen molar-refractivity contribution in [3.63, 3.8) is 0 Å². The summed E-state index contributed by atoms with van der Waals surface area (Å²) in [5, 5.41) is 2.03. The minimum Gasteiger partial charge on any atom is -0.297 e. The van der Waals surface area contributed by atoms with E-state index in [1.54, 1.807) is 0 Å². The van der Waals surface area contributed by atoms with Crippen LogP contribution >= 0.6 is 22.9 Å². The van der Waals surface area contributed by atoms with Crippen LogP contribution in [0.25, 0.3) is 0 Å². The molecule has 11 heavy (non-hydrogen) atoms. The molecule has 0 aliphatic carbocycles. The number of halogens is 1. The lowest BCUT2D eigenvalue weighted by molar-refractivity contribution is 0.171. The molecule has 1 aromatic heterocycles. The van der Waals surface area contributed by atoms with Gasteiger partial charge in [0.1, 0.15) is 0 Å². The summed E-state index contributed by atoms with van der Waals surface area (Å²) in [6.45, 7) is 3.41. The highest BCUT2D eigenvalue weighted by Crippen LogP contribution is 2.18. The number of hydrogen-bond acceptors (Lipinski definition) is 3. The van der Waals surface area contributed by atoms with Crippen LogP contribution in [0.2, 0.25) is 4.47 Å². The van der Waals surface area contributed by atoms with Gasteiger partial charge in [-0.2, -0.15) is 0 Å². The third kappa shape index (κ3) is 1.72. The van der Waals surface area contributed by atoms with Gasteiger partial charge in [-0.3, -0.25) is 4.90 Å². The highest BCUT2D eigenvalue weighted by atomic mass is 35.5. The van der Waals surface area contributed by atoms with E-state index in [2.05, 4.69) is 9.88 Å². The molecule has 0 unspecified atom stereocenters. The smallest absolute Gasteiger partial charge is 0.183 e. The molecule has 1 aliphatic heterocycles. The predicted molar refractivity (Wildman–Crippen MR) is 47.0 cm³/mol. The first-order chi connectivity index (χ1) is 5.34. The minimum absolute atomic E-state index is 0.653. The van der Waals surface area contributed by atoms with E-state index in [0.717, 1.165) is 12.2 Å². The molecule has 2 heterocycles. The van der Waals surface area contributed by atoms with Crippen molar-refractivity contribution in [1.29, 1.82) is 0 Å². The lowest BCUT2D eigenvalue weighted by Gasteiger charge is -2.29. The largest absolute Gasteiger partial charge is 0.297 e. The van der Waals surface area contributed by atoms with Gasteiger partial charge in [0.05, 0.1) is 5.69 Å². The average molecular weight is 189 g/mol. The Morgan fingerprint density at radius 1 is 1.64 bits per heavy atom. The van der Waals surface area contributed by atoms with E-state index in [0.29, 0.717) is 4.47 Å². The standard InChI is InChI=1S/C7H9ClN2S/c8-7-9-6(5-11-7)4-10-2-1-3-10/h5H,1-4H2. The van der Waals surface area contributed by atoms with Gasteiger partial charge in [0.15, 0.2) is 4.47 Å². The van der Waals surface area contributed by atoms with E-state index >= 15 is 0 Å². The normalized spacial score (nSPS) is 18.3. The summed E-state index contributed by atoms with van der Waals surface area (Å²) in [6.07, 6.45) is 1.33. The molecule has 2 rings (SSSR count). The van der Waals surface area contributed by atoms with Crippen molar-refractivity contribution < 1.29 is 0 Å². The van der Waals surface area contributed by atoms with E-state index in [-0.39, 0.29) is 0 Å². The van der Waals surface area contributed by atoms with Crippen LogP contribution in [0.5, 0.6) is 0 Å². The van der Waals surface area contributed by atoms with Gasteiger partial charge in [-0.1, -0.05) is 11.6 Å². The van der Waals surface area contributed by atoms with Crippen molar-refractivity contribution in [2.45, 2.75) is 13.0 Å². The van der Waals surface area contributed by atoms with Crippen LogP contribution in [-0.4, -0.2) is 23.0 Å². The number of nitrogens with zero attached hydrogens (tertiary/aromatic N) is 2. The predicted octanol–water partition coefficient (Wildman–Crippen LogP) is 2.00. The summed E-state index contributed by atoms with van der Waals surface area (Å²) in [6, 6.07) is 0. The van der Waals surface area contributed by atoms with E-state index < -0.39 is 0 Å². The van der Waals surface area contributed by atoms with Crippen LogP contribution in [0.3, 0.4) is 0 Å². The third-order valence-corrected chi connectivity index (χ3v) is 2.89. The fourth-order valence-corrected chi connectivity index (χ4v) is 1.90.